The van der Waals surface area contributed by atoms with Gasteiger partial charge in [0.05, 0.1) is 30.2 Å². The molecule has 0 aromatic heterocycles. The summed E-state index contributed by atoms with van der Waals surface area (Å²) in [6.45, 7) is 3.73. The molecule has 1 heterocycles. The van der Waals surface area contributed by atoms with Crippen molar-refractivity contribution in [2.75, 3.05) is 41.8 Å². The zero-order chi connectivity index (χ0) is 20.3. The molecule has 1 aliphatic heterocycles. The first-order valence-corrected chi connectivity index (χ1v) is 9.03. The van der Waals surface area contributed by atoms with Gasteiger partial charge in [0.2, 0.25) is 0 Å². The largest absolute Gasteiger partial charge is 0.416 e. The first-order valence-electron chi connectivity index (χ1n) is 8.62. The van der Waals surface area contributed by atoms with Crippen molar-refractivity contribution in [2.24, 2.45) is 0 Å². The average Bonchev–Trinajstić information content (AvgIpc) is 2.64. The lowest BCUT2D eigenvalue weighted by atomic mass is 10.1. The molecule has 2 aromatic carbocycles. The Kier molecular flexibility index (Phi) is 6.04. The Labute approximate surface area is 165 Å². The van der Waals surface area contributed by atoms with Crippen molar-refractivity contribution in [3.05, 3.63) is 53.3 Å². The summed E-state index contributed by atoms with van der Waals surface area (Å²) in [6.07, 6.45) is -4.48. The van der Waals surface area contributed by atoms with Gasteiger partial charge in [-0.25, -0.2) is 4.39 Å². The number of ether oxygens (including phenoxy) is 1. The molecular weight excluding hydrogens is 394 g/mol. The molecule has 0 amide bonds. The molecule has 0 spiro atoms. The Hall–Kier alpha value is -2.39. The summed E-state index contributed by atoms with van der Waals surface area (Å²) in [5.41, 5.74) is 0.922. The summed E-state index contributed by atoms with van der Waals surface area (Å²) in [6, 6.07) is 7.99. The number of halogens is 4. The maximum absolute atomic E-state index is 13.7. The van der Waals surface area contributed by atoms with Gasteiger partial charge in [-0.1, -0.05) is 6.07 Å². The second kappa shape index (κ2) is 8.32. The maximum atomic E-state index is 13.7. The summed E-state index contributed by atoms with van der Waals surface area (Å²) >= 11 is 5.22. The van der Waals surface area contributed by atoms with Crippen molar-refractivity contribution in [3.63, 3.8) is 0 Å². The van der Waals surface area contributed by atoms with Gasteiger partial charge in [-0.3, -0.25) is 0 Å². The van der Waals surface area contributed by atoms with E-state index in [1.165, 1.54) is 12.1 Å². The summed E-state index contributed by atoms with van der Waals surface area (Å²) < 4.78 is 58.5. The van der Waals surface area contributed by atoms with Gasteiger partial charge in [0.15, 0.2) is 5.11 Å². The van der Waals surface area contributed by atoms with Crippen molar-refractivity contribution in [2.45, 2.75) is 13.1 Å². The van der Waals surface area contributed by atoms with E-state index in [1.807, 2.05) is 4.90 Å². The lowest BCUT2D eigenvalue weighted by Crippen LogP contribution is -2.37. The molecule has 1 saturated heterocycles. The van der Waals surface area contributed by atoms with Gasteiger partial charge in [0.1, 0.15) is 5.82 Å². The van der Waals surface area contributed by atoms with Crippen LogP contribution in [-0.4, -0.2) is 31.4 Å². The van der Waals surface area contributed by atoms with E-state index in [-0.39, 0.29) is 10.8 Å². The fourth-order valence-corrected chi connectivity index (χ4v) is 3.08. The predicted octanol–water partition coefficient (Wildman–Crippen LogP) is 4.80. The van der Waals surface area contributed by atoms with Crippen LogP contribution in [0.2, 0.25) is 0 Å². The zero-order valence-corrected chi connectivity index (χ0v) is 15.9. The second-order valence-corrected chi connectivity index (χ2v) is 6.78. The lowest BCUT2D eigenvalue weighted by molar-refractivity contribution is -0.137. The first kappa shape index (κ1) is 20.3. The molecule has 0 aliphatic carbocycles. The normalized spacial score (nSPS) is 14.7. The van der Waals surface area contributed by atoms with Crippen LogP contribution >= 0.6 is 12.2 Å². The Bertz CT molecular complexity index is 867. The van der Waals surface area contributed by atoms with Crippen LogP contribution < -0.4 is 15.5 Å². The number of alkyl halides is 3. The molecule has 0 bridgehead atoms. The summed E-state index contributed by atoms with van der Waals surface area (Å²) in [7, 11) is 0. The van der Waals surface area contributed by atoms with Crippen LogP contribution in [0, 0.1) is 12.7 Å². The number of thiocarbonyl (C=S) groups is 1. The SMILES string of the molecule is Cc1ccc(NC(=S)Nc2cc(C(F)(F)F)ccc2N2CCOCC2)cc1F. The van der Waals surface area contributed by atoms with E-state index in [2.05, 4.69) is 10.6 Å². The summed E-state index contributed by atoms with van der Waals surface area (Å²) in [5.74, 6) is -0.402. The Morgan fingerprint density at radius 1 is 1.07 bits per heavy atom. The molecule has 1 aliphatic rings. The summed E-state index contributed by atoms with van der Waals surface area (Å²) in [5, 5.41) is 5.69. The van der Waals surface area contributed by atoms with Crippen LogP contribution in [0.15, 0.2) is 36.4 Å². The number of morpholine rings is 1. The lowest BCUT2D eigenvalue weighted by Gasteiger charge is -2.31. The molecule has 2 N–H and O–H groups in total. The van der Waals surface area contributed by atoms with Crippen LogP contribution in [0.1, 0.15) is 11.1 Å². The number of hydrogen-bond donors (Lipinski definition) is 2. The van der Waals surface area contributed by atoms with Gasteiger partial charge >= 0.3 is 6.18 Å². The minimum Gasteiger partial charge on any atom is -0.378 e. The van der Waals surface area contributed by atoms with Crippen molar-refractivity contribution in [1.82, 2.24) is 0 Å². The third kappa shape index (κ3) is 4.90. The van der Waals surface area contributed by atoms with Crippen molar-refractivity contribution in [3.8, 4) is 0 Å². The highest BCUT2D eigenvalue weighted by Crippen LogP contribution is 2.35. The first-order chi connectivity index (χ1) is 13.2. The van der Waals surface area contributed by atoms with Crippen LogP contribution in [0.5, 0.6) is 0 Å². The average molecular weight is 413 g/mol. The van der Waals surface area contributed by atoms with E-state index in [9.17, 15) is 17.6 Å². The number of nitrogens with zero attached hydrogens (tertiary/aromatic N) is 1. The maximum Gasteiger partial charge on any atom is 0.416 e. The van der Waals surface area contributed by atoms with Crippen molar-refractivity contribution in [1.29, 1.82) is 0 Å². The third-order valence-corrected chi connectivity index (χ3v) is 4.56. The standard InChI is InChI=1S/C19H19F4N3OS/c1-12-2-4-14(11-15(12)20)24-18(28)25-16-10-13(19(21,22)23)3-5-17(16)26-6-8-27-9-7-26/h2-5,10-11H,6-9H2,1H3,(H2,24,25,28). The molecule has 2 aromatic rings. The number of anilines is 3. The van der Waals surface area contributed by atoms with Gasteiger partial charge in [0, 0.05) is 18.8 Å². The number of benzene rings is 2. The fraction of sp³-hybridized carbons (Fsp3) is 0.316. The molecule has 1 fully saturated rings. The number of rotatable bonds is 3. The highest BCUT2D eigenvalue weighted by molar-refractivity contribution is 7.80. The van der Waals surface area contributed by atoms with Gasteiger partial charge in [-0.15, -0.1) is 0 Å². The van der Waals surface area contributed by atoms with Gasteiger partial charge in [0.25, 0.3) is 0 Å². The van der Waals surface area contributed by atoms with Crippen molar-refractivity contribution < 1.29 is 22.3 Å². The van der Waals surface area contributed by atoms with Crippen LogP contribution in [0.4, 0.5) is 34.6 Å². The van der Waals surface area contributed by atoms with E-state index >= 15 is 0 Å². The Morgan fingerprint density at radius 3 is 2.43 bits per heavy atom. The molecule has 0 atom stereocenters. The van der Waals surface area contributed by atoms with E-state index in [0.717, 1.165) is 12.1 Å². The third-order valence-electron chi connectivity index (χ3n) is 4.35. The highest BCUT2D eigenvalue weighted by atomic mass is 32.1. The van der Waals surface area contributed by atoms with Crippen LogP contribution in [0.3, 0.4) is 0 Å². The van der Waals surface area contributed by atoms with Crippen molar-refractivity contribution >= 4 is 34.4 Å². The van der Waals surface area contributed by atoms with Gasteiger partial charge in [-0.2, -0.15) is 13.2 Å². The molecule has 0 unspecified atom stereocenters. The van der Waals surface area contributed by atoms with Gasteiger partial charge < -0.3 is 20.3 Å². The Morgan fingerprint density at radius 2 is 1.79 bits per heavy atom. The molecule has 0 radical (unpaired) electrons. The molecule has 0 saturated carbocycles. The van der Waals surface area contributed by atoms with Crippen LogP contribution in [0.25, 0.3) is 0 Å². The topological polar surface area (TPSA) is 36.5 Å². The van der Waals surface area contributed by atoms with Crippen LogP contribution in [-0.2, 0) is 10.9 Å². The number of hydrogen-bond acceptors (Lipinski definition) is 3. The monoisotopic (exact) mass is 413 g/mol. The van der Waals surface area contributed by atoms with E-state index < -0.39 is 17.6 Å². The molecule has 9 heteroatoms. The summed E-state index contributed by atoms with van der Waals surface area (Å²) in [4.78, 5) is 1.93. The number of aryl methyl sites for hydroxylation is 1. The molecule has 28 heavy (non-hydrogen) atoms. The molecule has 3 rings (SSSR count). The predicted molar refractivity (Wildman–Crippen MR) is 105 cm³/mol. The molecule has 4 nitrogen and oxygen atoms in total. The Balaban J connectivity index is 1.84. The van der Waals surface area contributed by atoms with E-state index in [0.29, 0.717) is 43.2 Å². The second-order valence-electron chi connectivity index (χ2n) is 6.37. The highest BCUT2D eigenvalue weighted by Gasteiger charge is 2.31. The quantitative estimate of drug-likeness (QED) is 0.559. The minimum absolute atomic E-state index is 0.0667. The zero-order valence-electron chi connectivity index (χ0n) is 15.1. The fourth-order valence-electron chi connectivity index (χ4n) is 2.85. The van der Waals surface area contributed by atoms with E-state index in [1.54, 1.807) is 19.1 Å². The minimum atomic E-state index is -4.48. The molecular formula is C19H19F4N3OS. The molecule has 150 valence electrons. The smallest absolute Gasteiger partial charge is 0.378 e. The number of nitrogens with one attached hydrogen (secondary N) is 2. The van der Waals surface area contributed by atoms with Gasteiger partial charge in [-0.05, 0) is 55.0 Å². The van der Waals surface area contributed by atoms with E-state index in [4.69, 9.17) is 17.0 Å².